The van der Waals surface area contributed by atoms with Gasteiger partial charge < -0.3 is 24.8 Å². The fraction of sp³-hybridized carbons (Fsp3) is 0.385. The molecule has 8 nitrogen and oxygen atoms in total. The maximum absolute atomic E-state index is 14.2. The van der Waals surface area contributed by atoms with Crippen molar-refractivity contribution in [3.05, 3.63) is 92.6 Å². The van der Waals surface area contributed by atoms with Crippen molar-refractivity contribution in [2.45, 2.75) is 65.3 Å². The van der Waals surface area contributed by atoms with Crippen LogP contribution in [0, 0.1) is 27.2 Å². The predicted molar refractivity (Wildman–Crippen MR) is 203 cm³/mol. The zero-order chi connectivity index (χ0) is 34.8. The summed E-state index contributed by atoms with van der Waals surface area (Å²) in [4.78, 5) is 29.6. The molecule has 256 valence electrons. The predicted octanol–water partition coefficient (Wildman–Crippen LogP) is 8.37. The first-order valence-electron chi connectivity index (χ1n) is 17.2. The molecule has 0 saturated carbocycles. The molecule has 3 aromatic carbocycles. The number of allylic oxidation sites excluding steroid dienone is 2. The van der Waals surface area contributed by atoms with Crippen LogP contribution in [-0.2, 0) is 14.2 Å². The number of benzene rings is 3. The quantitative estimate of drug-likeness (QED) is 0.0778. The van der Waals surface area contributed by atoms with Crippen LogP contribution in [0.15, 0.2) is 83.4 Å². The van der Waals surface area contributed by atoms with E-state index in [9.17, 15) is 19.7 Å². The van der Waals surface area contributed by atoms with E-state index in [-0.39, 0.29) is 35.5 Å². The van der Waals surface area contributed by atoms with E-state index in [4.69, 9.17) is 9.39 Å². The number of imide groups is 1. The van der Waals surface area contributed by atoms with Gasteiger partial charge in [0.25, 0.3) is 0 Å². The number of aromatic hydroxyl groups is 1. The molecular weight excluding hydrogens is 730 g/mol. The number of hydrogen-bond acceptors (Lipinski definition) is 7. The number of amides is 2. The lowest BCUT2D eigenvalue weighted by Crippen LogP contribution is -2.46. The number of nitrogens with zero attached hydrogens (tertiary/aromatic N) is 1. The minimum Gasteiger partial charge on any atom is -0.504 e. The highest BCUT2D eigenvalue weighted by atomic mass is 127. The van der Waals surface area contributed by atoms with Gasteiger partial charge in [0.2, 0.25) is 11.8 Å². The summed E-state index contributed by atoms with van der Waals surface area (Å²) >= 11 is 2.11. The van der Waals surface area contributed by atoms with Crippen molar-refractivity contribution in [2.24, 2.45) is 23.7 Å². The molecule has 0 aromatic heterocycles. The normalized spacial score (nSPS) is 22.5. The highest BCUT2D eigenvalue weighted by Crippen LogP contribution is 2.52. The van der Waals surface area contributed by atoms with Crippen LogP contribution in [0.4, 0.5) is 17.1 Å². The van der Waals surface area contributed by atoms with Gasteiger partial charge in [-0.05, 0) is 126 Å². The molecule has 2 heterocycles. The fourth-order valence-electron chi connectivity index (χ4n) is 7.86. The van der Waals surface area contributed by atoms with Crippen LogP contribution in [0.1, 0.15) is 58.4 Å². The van der Waals surface area contributed by atoms with E-state index in [0.717, 1.165) is 41.8 Å². The van der Waals surface area contributed by atoms with E-state index >= 15 is 0 Å². The zero-order valence-electron chi connectivity index (χ0n) is 28.5. The Kier molecular flexibility index (Phi) is 10.9. The number of phenolic OH excluding ortho intramolecular Hbond substituents is 1. The Balaban J connectivity index is 1.25. The highest BCUT2D eigenvalue weighted by molar-refractivity contribution is 14.1. The molecule has 0 radical (unpaired) electrons. The van der Waals surface area contributed by atoms with E-state index in [1.165, 1.54) is 16.0 Å². The molecule has 4 atom stereocenters. The smallest absolute Gasteiger partial charge is 0.455 e. The van der Waals surface area contributed by atoms with Crippen molar-refractivity contribution in [1.29, 1.82) is 0 Å². The summed E-state index contributed by atoms with van der Waals surface area (Å²) in [6.07, 6.45) is 5.84. The van der Waals surface area contributed by atoms with Crippen molar-refractivity contribution in [3.8, 4) is 11.5 Å². The van der Waals surface area contributed by atoms with Crippen LogP contribution >= 0.6 is 22.6 Å². The molecule has 2 aliphatic heterocycles. The maximum atomic E-state index is 14.2. The monoisotopic (exact) mass is 774 g/mol. The van der Waals surface area contributed by atoms with Gasteiger partial charge in [0.1, 0.15) is 0 Å². The number of ether oxygens (including phenoxy) is 1. The van der Waals surface area contributed by atoms with Crippen LogP contribution in [0.5, 0.6) is 11.5 Å². The first-order valence-corrected chi connectivity index (χ1v) is 18.3. The van der Waals surface area contributed by atoms with Gasteiger partial charge >= 0.3 is 7.12 Å². The topological polar surface area (TPSA) is 108 Å². The van der Waals surface area contributed by atoms with Crippen molar-refractivity contribution >= 4 is 64.7 Å². The van der Waals surface area contributed by atoms with E-state index in [1.807, 2.05) is 66.7 Å². The van der Waals surface area contributed by atoms with Gasteiger partial charge in [-0.1, -0.05) is 62.6 Å². The standard InChI is InChI=1S/C39H44BIN2O6/c1-5-9-24(18-25-19-32(41)37(44)34(20-25)48-4)12-17-33-35-29(23(2)3)21-30-36(31(35)22-40(47)49-33)39(46)43(38(30)45)28-15-13-27(14-16-28)42-26-10-7-6-8-11-26/h6-8,10-11,13-16,18-20,23,30-31,33,36,42,44,47H,5,9,12,17,21-22H2,1-4H3/b24-18+/t30-,31+,33-,36-/m1/s1. The summed E-state index contributed by atoms with van der Waals surface area (Å²) in [5, 5.41) is 24.7. The Morgan fingerprint density at radius 2 is 1.78 bits per heavy atom. The summed E-state index contributed by atoms with van der Waals surface area (Å²) in [6, 6.07) is 21.0. The minimum atomic E-state index is -1.02. The third kappa shape index (κ3) is 7.32. The van der Waals surface area contributed by atoms with Crippen molar-refractivity contribution < 1.29 is 29.1 Å². The van der Waals surface area contributed by atoms with E-state index < -0.39 is 19.0 Å². The number of carbonyl (C=O) groups is 2. The molecule has 0 unspecified atom stereocenters. The van der Waals surface area contributed by atoms with Crippen LogP contribution < -0.4 is 15.0 Å². The van der Waals surface area contributed by atoms with Gasteiger partial charge in [-0.25, -0.2) is 0 Å². The Bertz CT molecular complexity index is 1760. The second-order valence-corrected chi connectivity index (χ2v) is 14.8. The molecule has 1 aliphatic carbocycles. The van der Waals surface area contributed by atoms with Crippen molar-refractivity contribution in [3.63, 3.8) is 0 Å². The number of para-hydroxylation sites is 1. The van der Waals surface area contributed by atoms with Gasteiger partial charge in [-0.3, -0.25) is 14.5 Å². The Morgan fingerprint density at radius 3 is 2.45 bits per heavy atom. The van der Waals surface area contributed by atoms with E-state index in [0.29, 0.717) is 34.2 Å². The van der Waals surface area contributed by atoms with Crippen LogP contribution in [0.25, 0.3) is 6.08 Å². The van der Waals surface area contributed by atoms with Crippen molar-refractivity contribution in [1.82, 2.24) is 0 Å². The van der Waals surface area contributed by atoms with Gasteiger partial charge in [-0.2, -0.15) is 0 Å². The molecule has 3 N–H and O–H groups in total. The molecule has 0 spiro atoms. The Labute approximate surface area is 302 Å². The van der Waals surface area contributed by atoms with Gasteiger partial charge in [0.15, 0.2) is 11.5 Å². The lowest BCUT2D eigenvalue weighted by molar-refractivity contribution is -0.122. The second-order valence-electron chi connectivity index (χ2n) is 13.6. The summed E-state index contributed by atoms with van der Waals surface area (Å²) < 4.78 is 12.4. The van der Waals surface area contributed by atoms with Crippen LogP contribution in [-0.4, -0.2) is 42.3 Å². The molecule has 3 aromatic rings. The van der Waals surface area contributed by atoms with E-state index in [2.05, 4.69) is 54.8 Å². The molecule has 2 amide bonds. The van der Waals surface area contributed by atoms with E-state index in [1.54, 1.807) is 7.11 Å². The molecule has 0 bridgehead atoms. The second kappa shape index (κ2) is 15.1. The molecular formula is C39H44BIN2O6. The summed E-state index contributed by atoms with van der Waals surface area (Å²) in [6.45, 7) is 6.43. The molecule has 2 fully saturated rings. The first-order chi connectivity index (χ1) is 23.6. The number of fused-ring (bicyclic) bond motifs is 3. The Morgan fingerprint density at radius 1 is 1.06 bits per heavy atom. The molecule has 6 rings (SSSR count). The fourth-order valence-corrected chi connectivity index (χ4v) is 8.49. The van der Waals surface area contributed by atoms with Crippen molar-refractivity contribution in [2.75, 3.05) is 17.3 Å². The van der Waals surface area contributed by atoms with Gasteiger partial charge in [0, 0.05) is 11.4 Å². The minimum absolute atomic E-state index is 0.132. The number of halogens is 1. The highest BCUT2D eigenvalue weighted by Gasteiger charge is 2.57. The SMILES string of the molecule is CCC/C(=C\c1cc(I)c(O)c(OC)c1)CC[C@H]1OB(O)C[C@H]2C1=C(C(C)C)C[C@H]1C(=O)N(c3ccc(Nc4ccccc4)cc3)C(=O)[C@H]12. The molecule has 49 heavy (non-hydrogen) atoms. The van der Waals surface area contributed by atoms with Gasteiger partial charge in [-0.15, -0.1) is 0 Å². The number of phenols is 1. The maximum Gasteiger partial charge on any atom is 0.455 e. The number of anilines is 3. The summed E-state index contributed by atoms with van der Waals surface area (Å²) in [5.41, 5.74) is 6.84. The summed E-state index contributed by atoms with van der Waals surface area (Å²) in [7, 11) is 0.526. The summed E-state index contributed by atoms with van der Waals surface area (Å²) in [5.74, 6) is -0.903. The largest absolute Gasteiger partial charge is 0.504 e. The Hall–Kier alpha value is -3.61. The lowest BCUT2D eigenvalue weighted by Gasteiger charge is -2.44. The number of nitrogens with one attached hydrogen (secondary N) is 1. The zero-order valence-corrected chi connectivity index (χ0v) is 30.6. The van der Waals surface area contributed by atoms with Crippen LogP contribution in [0.2, 0.25) is 6.32 Å². The molecule has 2 saturated heterocycles. The average Bonchev–Trinajstić information content (AvgIpc) is 3.34. The first kappa shape index (κ1) is 35.2. The third-order valence-electron chi connectivity index (χ3n) is 10.1. The molecule has 3 aliphatic rings. The molecule has 10 heteroatoms. The average molecular weight is 775 g/mol. The number of carbonyl (C=O) groups excluding carboxylic acids is 2. The lowest BCUT2D eigenvalue weighted by atomic mass is 9.57. The van der Waals surface area contributed by atoms with Gasteiger partial charge in [0.05, 0.1) is 34.3 Å². The number of hydrogen-bond donors (Lipinski definition) is 3. The number of methoxy groups -OCH3 is 1. The number of rotatable bonds is 11. The van der Waals surface area contributed by atoms with Crippen LogP contribution in [0.3, 0.4) is 0 Å². The third-order valence-corrected chi connectivity index (χ3v) is 10.9.